The third-order valence-corrected chi connectivity index (χ3v) is 3.70. The Labute approximate surface area is 101 Å². The molecule has 1 saturated carbocycles. The van der Waals surface area contributed by atoms with E-state index in [-0.39, 0.29) is 5.91 Å². The Hall–Kier alpha value is -1.10. The highest BCUT2D eigenvalue weighted by atomic mass is 16.5. The van der Waals surface area contributed by atoms with E-state index in [1.807, 2.05) is 6.92 Å². The van der Waals surface area contributed by atoms with E-state index in [4.69, 9.17) is 9.84 Å². The number of likely N-dealkylation sites (tertiary alicyclic amines) is 1. The summed E-state index contributed by atoms with van der Waals surface area (Å²) < 4.78 is 5.34. The average Bonchev–Trinajstić information content (AvgIpc) is 2.99. The second-order valence-electron chi connectivity index (χ2n) is 4.95. The van der Waals surface area contributed by atoms with Gasteiger partial charge in [0.25, 0.3) is 0 Å². The van der Waals surface area contributed by atoms with Crippen LogP contribution in [0.15, 0.2) is 0 Å². The van der Waals surface area contributed by atoms with Crippen molar-refractivity contribution in [2.75, 3.05) is 26.3 Å². The van der Waals surface area contributed by atoms with E-state index in [1.165, 1.54) is 0 Å². The first kappa shape index (κ1) is 12.4. The summed E-state index contributed by atoms with van der Waals surface area (Å²) in [4.78, 5) is 24.9. The molecule has 1 aliphatic heterocycles. The van der Waals surface area contributed by atoms with Crippen LogP contribution in [0.1, 0.15) is 26.2 Å². The second kappa shape index (κ2) is 4.64. The first-order valence-electron chi connectivity index (χ1n) is 6.20. The fraction of sp³-hybridized carbons (Fsp3) is 0.833. The van der Waals surface area contributed by atoms with Gasteiger partial charge in [-0.25, -0.2) is 0 Å². The van der Waals surface area contributed by atoms with Gasteiger partial charge in [0.05, 0.1) is 6.61 Å². The quantitative estimate of drug-likeness (QED) is 0.721. The summed E-state index contributed by atoms with van der Waals surface area (Å²) in [5, 5.41) is 9.07. The summed E-state index contributed by atoms with van der Waals surface area (Å²) >= 11 is 0. The molecule has 0 radical (unpaired) electrons. The molecule has 0 spiro atoms. The standard InChI is InChI=1S/C12H19NO4/c1-2-17-8-9-3-6-13(7-9)10(14)12(4-5-12)11(15)16/h9H,2-8H2,1H3,(H,15,16). The number of hydrogen-bond acceptors (Lipinski definition) is 3. The maximum Gasteiger partial charge on any atom is 0.319 e. The lowest BCUT2D eigenvalue weighted by molar-refractivity contribution is -0.153. The van der Waals surface area contributed by atoms with Crippen LogP contribution in [0, 0.1) is 11.3 Å². The van der Waals surface area contributed by atoms with Crippen LogP contribution < -0.4 is 0 Å². The lowest BCUT2D eigenvalue weighted by atomic mass is 10.1. The van der Waals surface area contributed by atoms with E-state index in [9.17, 15) is 9.59 Å². The van der Waals surface area contributed by atoms with Gasteiger partial charge in [-0.3, -0.25) is 9.59 Å². The Morgan fingerprint density at radius 3 is 2.71 bits per heavy atom. The molecule has 1 saturated heterocycles. The van der Waals surface area contributed by atoms with Gasteiger partial charge in [-0.15, -0.1) is 0 Å². The van der Waals surface area contributed by atoms with E-state index in [0.717, 1.165) is 6.42 Å². The SMILES string of the molecule is CCOCC1CCN(C(=O)C2(C(=O)O)CC2)C1. The van der Waals surface area contributed by atoms with E-state index >= 15 is 0 Å². The zero-order valence-corrected chi connectivity index (χ0v) is 10.1. The van der Waals surface area contributed by atoms with Crippen molar-refractivity contribution in [1.82, 2.24) is 4.90 Å². The van der Waals surface area contributed by atoms with Gasteiger partial charge in [0.2, 0.25) is 5.91 Å². The fourth-order valence-electron chi connectivity index (χ4n) is 2.38. The van der Waals surface area contributed by atoms with Gasteiger partial charge < -0.3 is 14.7 Å². The van der Waals surface area contributed by atoms with E-state index in [0.29, 0.717) is 45.1 Å². The summed E-state index contributed by atoms with van der Waals surface area (Å²) in [5.74, 6) is -0.789. The zero-order chi connectivity index (χ0) is 12.5. The number of carboxylic acid groups (broad SMARTS) is 1. The van der Waals surface area contributed by atoms with Crippen LogP contribution in [0.3, 0.4) is 0 Å². The van der Waals surface area contributed by atoms with Crippen molar-refractivity contribution in [2.45, 2.75) is 26.2 Å². The minimum atomic E-state index is -1.08. The van der Waals surface area contributed by atoms with E-state index < -0.39 is 11.4 Å². The van der Waals surface area contributed by atoms with Crippen molar-refractivity contribution in [3.63, 3.8) is 0 Å². The van der Waals surface area contributed by atoms with Crippen LogP contribution in [0.25, 0.3) is 0 Å². The van der Waals surface area contributed by atoms with Crippen LogP contribution in [0.4, 0.5) is 0 Å². The Balaban J connectivity index is 1.88. The number of rotatable bonds is 5. The summed E-state index contributed by atoms with van der Waals surface area (Å²) in [6, 6.07) is 0. The topological polar surface area (TPSA) is 66.8 Å². The van der Waals surface area contributed by atoms with Gasteiger partial charge in [-0.2, -0.15) is 0 Å². The van der Waals surface area contributed by atoms with Crippen molar-refractivity contribution in [3.8, 4) is 0 Å². The third-order valence-electron chi connectivity index (χ3n) is 3.70. The molecule has 1 unspecified atom stereocenters. The largest absolute Gasteiger partial charge is 0.480 e. The van der Waals surface area contributed by atoms with E-state index in [1.54, 1.807) is 4.90 Å². The maximum absolute atomic E-state index is 12.1. The molecule has 2 aliphatic rings. The fourth-order valence-corrected chi connectivity index (χ4v) is 2.38. The summed E-state index contributed by atoms with van der Waals surface area (Å²) in [6.45, 7) is 4.62. The number of ether oxygens (including phenoxy) is 1. The first-order chi connectivity index (χ1) is 8.10. The zero-order valence-electron chi connectivity index (χ0n) is 10.1. The molecule has 1 amide bonds. The highest BCUT2D eigenvalue weighted by Gasteiger charge is 2.59. The molecule has 0 aromatic heterocycles. The highest BCUT2D eigenvalue weighted by molar-refractivity contribution is 6.04. The predicted molar refractivity (Wildman–Crippen MR) is 60.5 cm³/mol. The maximum atomic E-state index is 12.1. The number of carboxylic acids is 1. The predicted octanol–water partition coefficient (Wildman–Crippen LogP) is 0.736. The molecule has 1 aliphatic carbocycles. The highest BCUT2D eigenvalue weighted by Crippen LogP contribution is 2.48. The Bertz CT molecular complexity index is 324. The normalized spacial score (nSPS) is 25.9. The van der Waals surface area contributed by atoms with Gasteiger partial charge in [0, 0.05) is 25.6 Å². The van der Waals surface area contributed by atoms with Crippen LogP contribution in [-0.4, -0.2) is 48.2 Å². The molecule has 96 valence electrons. The third kappa shape index (κ3) is 2.29. The van der Waals surface area contributed by atoms with Crippen molar-refractivity contribution in [2.24, 2.45) is 11.3 Å². The molecular weight excluding hydrogens is 222 g/mol. The smallest absolute Gasteiger partial charge is 0.319 e. The van der Waals surface area contributed by atoms with Crippen LogP contribution >= 0.6 is 0 Å². The first-order valence-corrected chi connectivity index (χ1v) is 6.20. The Morgan fingerprint density at radius 2 is 2.18 bits per heavy atom. The molecule has 0 aromatic carbocycles. The molecule has 2 fully saturated rings. The van der Waals surface area contributed by atoms with Gasteiger partial charge >= 0.3 is 5.97 Å². The number of nitrogens with zero attached hydrogens (tertiary/aromatic N) is 1. The molecule has 2 rings (SSSR count). The molecule has 17 heavy (non-hydrogen) atoms. The second-order valence-corrected chi connectivity index (χ2v) is 4.95. The lowest BCUT2D eigenvalue weighted by Gasteiger charge is -2.20. The van der Waals surface area contributed by atoms with Crippen molar-refractivity contribution in [1.29, 1.82) is 0 Å². The summed E-state index contributed by atoms with van der Waals surface area (Å²) in [7, 11) is 0. The van der Waals surface area contributed by atoms with Gasteiger partial charge in [0.15, 0.2) is 0 Å². The number of carbonyl (C=O) groups excluding carboxylic acids is 1. The minimum Gasteiger partial charge on any atom is -0.480 e. The molecule has 1 heterocycles. The molecule has 1 N–H and O–H groups in total. The Morgan fingerprint density at radius 1 is 1.47 bits per heavy atom. The molecule has 1 atom stereocenters. The monoisotopic (exact) mass is 241 g/mol. The van der Waals surface area contributed by atoms with E-state index in [2.05, 4.69) is 0 Å². The van der Waals surface area contributed by atoms with Crippen molar-refractivity contribution < 1.29 is 19.4 Å². The van der Waals surface area contributed by atoms with Crippen molar-refractivity contribution >= 4 is 11.9 Å². The molecular formula is C12H19NO4. The number of aliphatic carboxylic acids is 1. The lowest BCUT2D eigenvalue weighted by Crippen LogP contribution is -2.39. The molecule has 5 nitrogen and oxygen atoms in total. The van der Waals surface area contributed by atoms with Gasteiger partial charge in [-0.05, 0) is 26.2 Å². The van der Waals surface area contributed by atoms with Gasteiger partial charge in [0.1, 0.15) is 5.41 Å². The number of amides is 1. The minimum absolute atomic E-state index is 0.191. The number of hydrogen-bond donors (Lipinski definition) is 1. The van der Waals surface area contributed by atoms with Crippen molar-refractivity contribution in [3.05, 3.63) is 0 Å². The van der Waals surface area contributed by atoms with Gasteiger partial charge in [-0.1, -0.05) is 0 Å². The summed E-state index contributed by atoms with van der Waals surface area (Å²) in [6.07, 6.45) is 1.91. The average molecular weight is 241 g/mol. The molecule has 0 bridgehead atoms. The molecule has 0 aromatic rings. The summed E-state index contributed by atoms with van der Waals surface area (Å²) in [5.41, 5.74) is -1.08. The van der Waals surface area contributed by atoms with Crippen LogP contribution in [0.2, 0.25) is 0 Å². The van der Waals surface area contributed by atoms with Crippen LogP contribution in [-0.2, 0) is 14.3 Å². The molecule has 5 heteroatoms. The van der Waals surface area contributed by atoms with Crippen LogP contribution in [0.5, 0.6) is 0 Å². The Kier molecular flexibility index (Phi) is 3.38. The number of carbonyl (C=O) groups is 2.